The fourth-order valence-corrected chi connectivity index (χ4v) is 2.41. The molecule has 0 amide bonds. The van der Waals surface area contributed by atoms with Gasteiger partial charge in [-0.1, -0.05) is 13.0 Å². The number of nitrogens with one attached hydrogen (secondary N) is 1. The molecule has 0 saturated heterocycles. The molecule has 0 saturated carbocycles. The van der Waals surface area contributed by atoms with E-state index in [1.54, 1.807) is 14.2 Å². The van der Waals surface area contributed by atoms with Crippen molar-refractivity contribution in [2.75, 3.05) is 25.7 Å². The van der Waals surface area contributed by atoms with Crippen LogP contribution in [0.5, 0.6) is 11.5 Å². The summed E-state index contributed by atoms with van der Waals surface area (Å²) in [5, 5.41) is 0. The molecular formula is C12H20N2O2S. The van der Waals surface area contributed by atoms with Crippen LogP contribution in [0, 0.1) is 0 Å². The Morgan fingerprint density at radius 2 is 1.88 bits per heavy atom. The van der Waals surface area contributed by atoms with Crippen LogP contribution in [0.2, 0.25) is 0 Å². The first kappa shape index (κ1) is 14.2. The molecule has 0 heterocycles. The number of nitrogens with two attached hydrogens (primary N) is 1. The van der Waals surface area contributed by atoms with Crippen LogP contribution in [0.15, 0.2) is 18.2 Å². The fraction of sp³-hybridized carbons (Fsp3) is 0.500. The van der Waals surface area contributed by atoms with Crippen molar-refractivity contribution in [1.82, 2.24) is 5.43 Å². The number of methoxy groups -OCH3 is 2. The summed E-state index contributed by atoms with van der Waals surface area (Å²) in [6.07, 6.45) is 0. The SMILES string of the molecule is CCSCC(NN)c1c(OC)cccc1OC. The Balaban J connectivity index is 3.05. The van der Waals surface area contributed by atoms with Crippen LogP contribution in [-0.4, -0.2) is 25.7 Å². The Labute approximate surface area is 107 Å². The number of ether oxygens (including phenoxy) is 2. The number of hydrogen-bond acceptors (Lipinski definition) is 5. The van der Waals surface area contributed by atoms with Crippen molar-refractivity contribution >= 4 is 11.8 Å². The summed E-state index contributed by atoms with van der Waals surface area (Å²) < 4.78 is 10.7. The Hall–Kier alpha value is -0.910. The maximum absolute atomic E-state index is 5.62. The van der Waals surface area contributed by atoms with E-state index in [2.05, 4.69) is 12.3 Å². The third-order valence-corrected chi connectivity index (χ3v) is 3.48. The lowest BCUT2D eigenvalue weighted by Gasteiger charge is -2.21. The molecule has 17 heavy (non-hydrogen) atoms. The molecule has 0 bridgehead atoms. The van der Waals surface area contributed by atoms with Gasteiger partial charge in [0.05, 0.1) is 25.8 Å². The van der Waals surface area contributed by atoms with Gasteiger partial charge < -0.3 is 9.47 Å². The summed E-state index contributed by atoms with van der Waals surface area (Å²) in [6.45, 7) is 2.12. The quantitative estimate of drug-likeness (QED) is 0.577. The lowest BCUT2D eigenvalue weighted by Crippen LogP contribution is -2.30. The summed E-state index contributed by atoms with van der Waals surface area (Å²) in [5.74, 6) is 9.14. The van der Waals surface area contributed by atoms with Crippen molar-refractivity contribution in [2.24, 2.45) is 5.84 Å². The van der Waals surface area contributed by atoms with Crippen LogP contribution >= 0.6 is 11.8 Å². The van der Waals surface area contributed by atoms with Gasteiger partial charge in [-0.05, 0) is 17.9 Å². The van der Waals surface area contributed by atoms with E-state index in [0.717, 1.165) is 28.6 Å². The van der Waals surface area contributed by atoms with E-state index < -0.39 is 0 Å². The van der Waals surface area contributed by atoms with Crippen molar-refractivity contribution in [3.05, 3.63) is 23.8 Å². The van der Waals surface area contributed by atoms with Crippen LogP contribution in [-0.2, 0) is 0 Å². The normalized spacial score (nSPS) is 12.2. The molecule has 1 aromatic rings. The summed E-state index contributed by atoms with van der Waals surface area (Å²) in [7, 11) is 3.30. The molecule has 0 aliphatic rings. The zero-order chi connectivity index (χ0) is 12.7. The minimum Gasteiger partial charge on any atom is -0.496 e. The minimum atomic E-state index is 0.0195. The molecule has 0 radical (unpaired) electrons. The molecule has 96 valence electrons. The predicted octanol–water partition coefficient (Wildman–Crippen LogP) is 1.96. The molecule has 0 aromatic heterocycles. The smallest absolute Gasteiger partial charge is 0.127 e. The van der Waals surface area contributed by atoms with Gasteiger partial charge in [-0.3, -0.25) is 11.3 Å². The van der Waals surface area contributed by atoms with Gasteiger partial charge in [0.2, 0.25) is 0 Å². The highest BCUT2D eigenvalue weighted by molar-refractivity contribution is 7.99. The monoisotopic (exact) mass is 256 g/mol. The second-order valence-electron chi connectivity index (χ2n) is 3.45. The van der Waals surface area contributed by atoms with Crippen molar-refractivity contribution in [3.63, 3.8) is 0 Å². The van der Waals surface area contributed by atoms with Crippen LogP contribution in [0.1, 0.15) is 18.5 Å². The third-order valence-electron chi connectivity index (χ3n) is 2.50. The topological polar surface area (TPSA) is 56.5 Å². The van der Waals surface area contributed by atoms with Gasteiger partial charge in [0.15, 0.2) is 0 Å². The second kappa shape index (κ2) is 7.42. The van der Waals surface area contributed by atoms with Gasteiger partial charge >= 0.3 is 0 Å². The zero-order valence-corrected chi connectivity index (χ0v) is 11.3. The van der Waals surface area contributed by atoms with Gasteiger partial charge in [-0.25, -0.2) is 0 Å². The summed E-state index contributed by atoms with van der Waals surface area (Å²) in [4.78, 5) is 0. The van der Waals surface area contributed by atoms with E-state index in [9.17, 15) is 0 Å². The number of hydrazine groups is 1. The van der Waals surface area contributed by atoms with E-state index in [1.165, 1.54) is 0 Å². The fourth-order valence-electron chi connectivity index (χ4n) is 1.67. The number of benzene rings is 1. The van der Waals surface area contributed by atoms with Gasteiger partial charge in [0.25, 0.3) is 0 Å². The van der Waals surface area contributed by atoms with Crippen molar-refractivity contribution in [3.8, 4) is 11.5 Å². The number of hydrogen-bond donors (Lipinski definition) is 2. The lowest BCUT2D eigenvalue weighted by atomic mass is 10.1. The van der Waals surface area contributed by atoms with Crippen LogP contribution in [0.3, 0.4) is 0 Å². The molecule has 4 nitrogen and oxygen atoms in total. The van der Waals surface area contributed by atoms with Crippen LogP contribution < -0.4 is 20.7 Å². The highest BCUT2D eigenvalue weighted by atomic mass is 32.2. The zero-order valence-electron chi connectivity index (χ0n) is 10.5. The molecule has 0 aliphatic carbocycles. The Morgan fingerprint density at radius 1 is 1.29 bits per heavy atom. The number of rotatable bonds is 7. The molecule has 1 rings (SSSR count). The standard InChI is InChI=1S/C12H20N2O2S/c1-4-17-8-9(14-13)12-10(15-2)6-5-7-11(12)16-3/h5-7,9,14H,4,8,13H2,1-3H3. The molecule has 0 spiro atoms. The van der Waals surface area contributed by atoms with Crippen molar-refractivity contribution < 1.29 is 9.47 Å². The first-order chi connectivity index (χ1) is 8.28. The van der Waals surface area contributed by atoms with Crippen LogP contribution in [0.25, 0.3) is 0 Å². The van der Waals surface area contributed by atoms with Gasteiger partial charge in [0.1, 0.15) is 11.5 Å². The average molecular weight is 256 g/mol. The first-order valence-electron chi connectivity index (χ1n) is 5.53. The third kappa shape index (κ3) is 3.52. The van der Waals surface area contributed by atoms with Crippen molar-refractivity contribution in [2.45, 2.75) is 13.0 Å². The molecular weight excluding hydrogens is 236 g/mol. The average Bonchev–Trinajstić information content (AvgIpc) is 2.39. The molecule has 0 fully saturated rings. The summed E-state index contributed by atoms with van der Waals surface area (Å²) in [5.41, 5.74) is 3.79. The molecule has 5 heteroatoms. The predicted molar refractivity (Wildman–Crippen MR) is 72.6 cm³/mol. The van der Waals surface area contributed by atoms with Gasteiger partial charge in [0, 0.05) is 5.75 Å². The summed E-state index contributed by atoms with van der Waals surface area (Å²) in [6, 6.07) is 5.75. The summed E-state index contributed by atoms with van der Waals surface area (Å²) >= 11 is 1.82. The van der Waals surface area contributed by atoms with Crippen LogP contribution in [0.4, 0.5) is 0 Å². The van der Waals surface area contributed by atoms with E-state index in [1.807, 2.05) is 30.0 Å². The highest BCUT2D eigenvalue weighted by Crippen LogP contribution is 2.35. The first-order valence-corrected chi connectivity index (χ1v) is 6.68. The van der Waals surface area contributed by atoms with Gasteiger partial charge in [-0.2, -0.15) is 11.8 Å². The Kier molecular flexibility index (Phi) is 6.18. The largest absolute Gasteiger partial charge is 0.496 e. The minimum absolute atomic E-state index is 0.0195. The Bertz CT molecular complexity index is 325. The van der Waals surface area contributed by atoms with E-state index in [4.69, 9.17) is 15.3 Å². The lowest BCUT2D eigenvalue weighted by molar-refractivity contribution is 0.375. The number of thioether (sulfide) groups is 1. The second-order valence-corrected chi connectivity index (χ2v) is 4.77. The maximum atomic E-state index is 5.62. The molecule has 3 N–H and O–H groups in total. The maximum Gasteiger partial charge on any atom is 0.127 e. The van der Waals surface area contributed by atoms with Crippen molar-refractivity contribution in [1.29, 1.82) is 0 Å². The molecule has 0 aliphatic heterocycles. The highest BCUT2D eigenvalue weighted by Gasteiger charge is 2.19. The van der Waals surface area contributed by atoms with E-state index >= 15 is 0 Å². The van der Waals surface area contributed by atoms with Gasteiger partial charge in [-0.15, -0.1) is 0 Å². The van der Waals surface area contributed by atoms with E-state index in [-0.39, 0.29) is 6.04 Å². The molecule has 1 aromatic carbocycles. The molecule has 1 unspecified atom stereocenters. The molecule has 1 atom stereocenters. The Morgan fingerprint density at radius 3 is 2.29 bits per heavy atom. The van der Waals surface area contributed by atoms with E-state index in [0.29, 0.717) is 0 Å².